The standard InChI is InChI=1S/C32H30F6N4O2/c1-19(2)17-41(30(44)23-13-24(31(33,34)35)15-25(14-23)32(36,37)38)18-29(43)39-28-16-26(22-8-6-5-7-9-22)40-42(28)27-11-10-20(3)12-21(27)4/h5-16,19H,17-18H2,1-4H3,(H,39,43). The first-order valence-corrected chi connectivity index (χ1v) is 13.6. The van der Waals surface area contributed by atoms with Gasteiger partial charge < -0.3 is 10.2 Å². The van der Waals surface area contributed by atoms with Crippen LogP contribution in [0.5, 0.6) is 0 Å². The summed E-state index contributed by atoms with van der Waals surface area (Å²) < 4.78 is 82.2. The molecule has 1 aromatic heterocycles. The fourth-order valence-corrected chi connectivity index (χ4v) is 4.72. The number of aryl methyl sites for hydroxylation is 2. The van der Waals surface area contributed by atoms with Gasteiger partial charge in [-0.2, -0.15) is 31.4 Å². The van der Waals surface area contributed by atoms with E-state index >= 15 is 0 Å². The summed E-state index contributed by atoms with van der Waals surface area (Å²) in [5, 5.41) is 7.41. The molecule has 3 aromatic carbocycles. The monoisotopic (exact) mass is 616 g/mol. The maximum atomic E-state index is 13.5. The molecule has 0 fully saturated rings. The highest BCUT2D eigenvalue weighted by atomic mass is 19.4. The van der Waals surface area contributed by atoms with Gasteiger partial charge in [0.05, 0.1) is 22.5 Å². The van der Waals surface area contributed by atoms with Gasteiger partial charge in [0.15, 0.2) is 0 Å². The van der Waals surface area contributed by atoms with Crippen molar-refractivity contribution in [3.05, 3.63) is 101 Å². The number of aromatic nitrogens is 2. The fraction of sp³-hybridized carbons (Fsp3) is 0.281. The molecule has 6 nitrogen and oxygen atoms in total. The van der Waals surface area contributed by atoms with Gasteiger partial charge in [-0.25, -0.2) is 4.68 Å². The number of rotatable bonds is 8. The first-order valence-electron chi connectivity index (χ1n) is 13.6. The Morgan fingerprint density at radius 3 is 2.02 bits per heavy atom. The maximum Gasteiger partial charge on any atom is 0.416 e. The minimum absolute atomic E-state index is 0.0468. The first-order chi connectivity index (χ1) is 20.5. The summed E-state index contributed by atoms with van der Waals surface area (Å²) in [6, 6.07) is 17.2. The lowest BCUT2D eigenvalue weighted by atomic mass is 10.0. The Bertz CT molecular complexity index is 1630. The molecule has 0 aliphatic rings. The number of hydrogen-bond acceptors (Lipinski definition) is 3. The number of amides is 2. The van der Waals surface area contributed by atoms with Crippen molar-refractivity contribution in [3.8, 4) is 16.9 Å². The maximum absolute atomic E-state index is 13.5. The molecular weight excluding hydrogens is 586 g/mol. The Hall–Kier alpha value is -4.61. The van der Waals surface area contributed by atoms with Gasteiger partial charge in [-0.15, -0.1) is 0 Å². The van der Waals surface area contributed by atoms with Crippen LogP contribution in [-0.4, -0.2) is 39.6 Å². The van der Waals surface area contributed by atoms with Gasteiger partial charge in [0, 0.05) is 23.7 Å². The molecule has 0 bridgehead atoms. The number of nitrogens with one attached hydrogen (secondary N) is 1. The molecule has 0 saturated carbocycles. The third kappa shape index (κ3) is 7.66. The average molecular weight is 617 g/mol. The van der Waals surface area contributed by atoms with Crippen molar-refractivity contribution < 1.29 is 35.9 Å². The number of halogens is 6. The van der Waals surface area contributed by atoms with Crippen LogP contribution in [0, 0.1) is 19.8 Å². The topological polar surface area (TPSA) is 67.2 Å². The van der Waals surface area contributed by atoms with Crippen LogP contribution in [0.25, 0.3) is 16.9 Å². The van der Waals surface area contributed by atoms with Crippen LogP contribution < -0.4 is 5.32 Å². The molecule has 0 radical (unpaired) electrons. The highest BCUT2D eigenvalue weighted by Gasteiger charge is 2.38. The van der Waals surface area contributed by atoms with Crippen LogP contribution in [-0.2, 0) is 17.1 Å². The quantitative estimate of drug-likeness (QED) is 0.205. The van der Waals surface area contributed by atoms with Gasteiger partial charge in [-0.1, -0.05) is 61.9 Å². The van der Waals surface area contributed by atoms with Crippen LogP contribution in [0.2, 0.25) is 0 Å². The second-order valence-corrected chi connectivity index (χ2v) is 10.9. The van der Waals surface area contributed by atoms with Crippen LogP contribution >= 0.6 is 0 Å². The van der Waals surface area contributed by atoms with Crippen molar-refractivity contribution >= 4 is 17.6 Å². The van der Waals surface area contributed by atoms with E-state index in [-0.39, 0.29) is 24.3 Å². The number of benzene rings is 3. The lowest BCUT2D eigenvalue weighted by Crippen LogP contribution is -2.40. The molecule has 4 aromatic rings. The van der Waals surface area contributed by atoms with Crippen molar-refractivity contribution in [1.29, 1.82) is 0 Å². The van der Waals surface area contributed by atoms with Gasteiger partial charge in [0.25, 0.3) is 5.91 Å². The smallest absolute Gasteiger partial charge is 0.329 e. The number of carbonyl (C=O) groups excluding carboxylic acids is 2. The molecule has 232 valence electrons. The normalized spacial score (nSPS) is 12.0. The molecular formula is C32H30F6N4O2. The molecule has 1 heterocycles. The molecule has 12 heteroatoms. The molecule has 0 saturated heterocycles. The van der Waals surface area contributed by atoms with Crippen LogP contribution in [0.4, 0.5) is 32.2 Å². The second kappa shape index (κ2) is 12.6. The van der Waals surface area contributed by atoms with Gasteiger partial charge in [-0.3, -0.25) is 9.59 Å². The van der Waals surface area contributed by atoms with Crippen molar-refractivity contribution in [3.63, 3.8) is 0 Å². The van der Waals surface area contributed by atoms with Crippen molar-refractivity contribution in [2.45, 2.75) is 40.0 Å². The Labute approximate surface area is 250 Å². The molecule has 0 spiro atoms. The van der Waals surface area contributed by atoms with E-state index < -0.39 is 47.4 Å². The number of carbonyl (C=O) groups is 2. The Morgan fingerprint density at radius 2 is 1.48 bits per heavy atom. The zero-order chi connectivity index (χ0) is 32.4. The Balaban J connectivity index is 1.69. The minimum Gasteiger partial charge on any atom is -0.329 e. The lowest BCUT2D eigenvalue weighted by molar-refractivity contribution is -0.143. The van der Waals surface area contributed by atoms with E-state index in [4.69, 9.17) is 0 Å². The summed E-state index contributed by atoms with van der Waals surface area (Å²) in [5.41, 5.74) is -0.194. The average Bonchev–Trinajstić information content (AvgIpc) is 3.34. The van der Waals surface area contributed by atoms with Gasteiger partial charge in [-0.05, 0) is 49.6 Å². The SMILES string of the molecule is Cc1ccc(-n2nc(-c3ccccc3)cc2NC(=O)CN(CC(C)C)C(=O)c2cc(C(F)(F)F)cc(C(F)(F)F)c2)c(C)c1. The molecule has 1 N–H and O–H groups in total. The summed E-state index contributed by atoms with van der Waals surface area (Å²) in [5.74, 6) is -1.85. The van der Waals surface area contributed by atoms with E-state index in [9.17, 15) is 35.9 Å². The van der Waals surface area contributed by atoms with E-state index in [1.807, 2.05) is 62.4 Å². The zero-order valence-electron chi connectivity index (χ0n) is 24.3. The number of nitrogens with zero attached hydrogens (tertiary/aromatic N) is 3. The molecule has 0 atom stereocenters. The summed E-state index contributed by atoms with van der Waals surface area (Å²) >= 11 is 0. The molecule has 44 heavy (non-hydrogen) atoms. The number of anilines is 1. The van der Waals surface area contributed by atoms with Gasteiger partial charge >= 0.3 is 12.4 Å². The predicted octanol–water partition coefficient (Wildman–Crippen LogP) is 7.93. The van der Waals surface area contributed by atoms with Crippen LogP contribution in [0.15, 0.2) is 72.8 Å². The van der Waals surface area contributed by atoms with Gasteiger partial charge in [0.2, 0.25) is 5.91 Å². The molecule has 4 rings (SSSR count). The zero-order valence-corrected chi connectivity index (χ0v) is 24.3. The van der Waals surface area contributed by atoms with E-state index in [0.29, 0.717) is 23.5 Å². The molecule has 0 unspecified atom stereocenters. The summed E-state index contributed by atoms with van der Waals surface area (Å²) in [6.45, 7) is 6.48. The molecule has 2 amide bonds. The molecule has 0 aliphatic carbocycles. The van der Waals surface area contributed by atoms with Crippen LogP contribution in [0.1, 0.15) is 46.5 Å². The van der Waals surface area contributed by atoms with Crippen molar-refractivity contribution in [2.75, 3.05) is 18.4 Å². The van der Waals surface area contributed by atoms with E-state index in [1.54, 1.807) is 19.9 Å². The minimum atomic E-state index is -5.13. The number of hydrogen-bond donors (Lipinski definition) is 1. The third-order valence-electron chi connectivity index (χ3n) is 6.67. The van der Waals surface area contributed by atoms with Crippen molar-refractivity contribution in [1.82, 2.24) is 14.7 Å². The largest absolute Gasteiger partial charge is 0.416 e. The van der Waals surface area contributed by atoms with Gasteiger partial charge in [0.1, 0.15) is 12.4 Å². The lowest BCUT2D eigenvalue weighted by Gasteiger charge is -2.25. The third-order valence-corrected chi connectivity index (χ3v) is 6.67. The summed E-state index contributed by atoms with van der Waals surface area (Å²) in [6.07, 6.45) is -10.3. The summed E-state index contributed by atoms with van der Waals surface area (Å²) in [4.78, 5) is 27.7. The molecule has 0 aliphatic heterocycles. The highest BCUT2D eigenvalue weighted by Crippen LogP contribution is 2.36. The Kier molecular flexibility index (Phi) is 9.22. The Morgan fingerprint density at radius 1 is 0.864 bits per heavy atom. The fourth-order valence-electron chi connectivity index (χ4n) is 4.72. The second-order valence-electron chi connectivity index (χ2n) is 10.9. The highest BCUT2D eigenvalue weighted by molar-refractivity contribution is 5.99. The predicted molar refractivity (Wildman–Crippen MR) is 154 cm³/mol. The van der Waals surface area contributed by atoms with Crippen LogP contribution in [0.3, 0.4) is 0 Å². The first kappa shape index (κ1) is 32.3. The van der Waals surface area contributed by atoms with E-state index in [0.717, 1.165) is 21.6 Å². The van der Waals surface area contributed by atoms with E-state index in [2.05, 4.69) is 10.4 Å². The number of alkyl halides is 6. The van der Waals surface area contributed by atoms with E-state index in [1.165, 1.54) is 4.68 Å². The van der Waals surface area contributed by atoms with Crippen molar-refractivity contribution in [2.24, 2.45) is 5.92 Å². The summed E-state index contributed by atoms with van der Waals surface area (Å²) in [7, 11) is 0.